The van der Waals surface area contributed by atoms with Gasteiger partial charge in [0, 0.05) is 6.08 Å². The summed E-state index contributed by atoms with van der Waals surface area (Å²) in [7, 11) is 1.64. The fraction of sp³-hybridized carbons (Fsp3) is 0.364. The standard InChI is InChI=1S/C22H27N3O3/c1-28-20-9-8-18-15-17(5-7-19(18)16-20)6-10-21(26)23-24-22(27)11-14-25-12-3-2-4-13-25/h5-10,15-16H,2-4,11-14H2,1H3,(H,23,26)(H,24,27)/p+1/b10-6+. The van der Waals surface area contributed by atoms with Gasteiger partial charge in [-0.05, 0) is 59.9 Å². The number of hydrogen-bond acceptors (Lipinski definition) is 3. The van der Waals surface area contributed by atoms with Crippen LogP contribution >= 0.6 is 0 Å². The maximum absolute atomic E-state index is 11.9. The van der Waals surface area contributed by atoms with Crippen molar-refractivity contribution >= 4 is 28.7 Å². The molecule has 2 amide bonds. The predicted octanol–water partition coefficient (Wildman–Crippen LogP) is 1.47. The van der Waals surface area contributed by atoms with Gasteiger partial charge in [-0.15, -0.1) is 0 Å². The Morgan fingerprint density at radius 1 is 1.04 bits per heavy atom. The number of rotatable bonds is 6. The van der Waals surface area contributed by atoms with Crippen molar-refractivity contribution in [3.8, 4) is 5.75 Å². The van der Waals surface area contributed by atoms with Gasteiger partial charge < -0.3 is 9.64 Å². The van der Waals surface area contributed by atoms with Gasteiger partial charge in [0.05, 0.1) is 33.2 Å². The molecule has 3 N–H and O–H groups in total. The van der Waals surface area contributed by atoms with Crippen molar-refractivity contribution in [3.05, 3.63) is 48.0 Å². The van der Waals surface area contributed by atoms with Crippen molar-refractivity contribution in [2.24, 2.45) is 0 Å². The molecule has 6 heteroatoms. The first-order valence-corrected chi connectivity index (χ1v) is 9.82. The highest BCUT2D eigenvalue weighted by Crippen LogP contribution is 2.22. The highest BCUT2D eigenvalue weighted by molar-refractivity contribution is 5.94. The molecule has 0 radical (unpaired) electrons. The maximum atomic E-state index is 11.9. The molecule has 1 fully saturated rings. The Morgan fingerprint density at radius 3 is 2.57 bits per heavy atom. The first-order valence-electron chi connectivity index (χ1n) is 9.82. The number of ether oxygens (including phenoxy) is 1. The fourth-order valence-electron chi connectivity index (χ4n) is 3.47. The molecule has 28 heavy (non-hydrogen) atoms. The molecule has 0 aliphatic carbocycles. The minimum absolute atomic E-state index is 0.153. The third kappa shape index (κ3) is 5.82. The number of fused-ring (bicyclic) bond motifs is 1. The van der Waals surface area contributed by atoms with Crippen LogP contribution in [0.4, 0.5) is 0 Å². The maximum Gasteiger partial charge on any atom is 0.262 e. The summed E-state index contributed by atoms with van der Waals surface area (Å²) in [4.78, 5) is 25.3. The number of quaternary nitrogens is 1. The second-order valence-electron chi connectivity index (χ2n) is 7.15. The van der Waals surface area contributed by atoms with Gasteiger partial charge in [-0.2, -0.15) is 0 Å². The molecule has 1 aliphatic rings. The lowest BCUT2D eigenvalue weighted by molar-refractivity contribution is -0.904. The number of carbonyl (C=O) groups is 2. The summed E-state index contributed by atoms with van der Waals surface area (Å²) in [6, 6.07) is 11.8. The minimum atomic E-state index is -0.353. The Balaban J connectivity index is 1.45. The van der Waals surface area contributed by atoms with Crippen LogP contribution in [-0.2, 0) is 9.59 Å². The van der Waals surface area contributed by atoms with Gasteiger partial charge in [0.15, 0.2) is 0 Å². The summed E-state index contributed by atoms with van der Waals surface area (Å²) in [5, 5.41) is 2.14. The number of hydrazine groups is 1. The van der Waals surface area contributed by atoms with E-state index < -0.39 is 0 Å². The van der Waals surface area contributed by atoms with Gasteiger partial charge in [-0.3, -0.25) is 20.4 Å². The second-order valence-corrected chi connectivity index (χ2v) is 7.15. The molecule has 0 saturated carbocycles. The molecule has 148 valence electrons. The van der Waals surface area contributed by atoms with E-state index in [-0.39, 0.29) is 11.8 Å². The van der Waals surface area contributed by atoms with Crippen LogP contribution in [-0.4, -0.2) is 38.6 Å². The van der Waals surface area contributed by atoms with Crippen molar-refractivity contribution < 1.29 is 19.2 Å². The molecule has 0 bridgehead atoms. The van der Waals surface area contributed by atoms with E-state index in [1.807, 2.05) is 36.4 Å². The first-order chi connectivity index (χ1) is 13.6. The number of amides is 2. The molecule has 0 atom stereocenters. The zero-order valence-corrected chi connectivity index (χ0v) is 16.3. The Kier molecular flexibility index (Phi) is 7.03. The van der Waals surface area contributed by atoms with E-state index in [1.54, 1.807) is 13.2 Å². The topological polar surface area (TPSA) is 71.9 Å². The van der Waals surface area contributed by atoms with Gasteiger partial charge in [0.1, 0.15) is 5.75 Å². The van der Waals surface area contributed by atoms with E-state index in [9.17, 15) is 9.59 Å². The lowest BCUT2D eigenvalue weighted by Gasteiger charge is -2.23. The zero-order valence-electron chi connectivity index (χ0n) is 16.3. The number of piperidine rings is 1. The van der Waals surface area contributed by atoms with Gasteiger partial charge >= 0.3 is 0 Å². The number of hydrogen-bond donors (Lipinski definition) is 3. The third-order valence-electron chi connectivity index (χ3n) is 5.09. The van der Waals surface area contributed by atoms with Crippen LogP contribution < -0.4 is 20.5 Å². The monoisotopic (exact) mass is 382 g/mol. The fourth-order valence-corrected chi connectivity index (χ4v) is 3.47. The average molecular weight is 382 g/mol. The third-order valence-corrected chi connectivity index (χ3v) is 5.09. The van der Waals surface area contributed by atoms with Gasteiger partial charge in [0.25, 0.3) is 5.91 Å². The summed E-state index contributed by atoms with van der Waals surface area (Å²) < 4.78 is 5.23. The summed E-state index contributed by atoms with van der Waals surface area (Å²) in [5.74, 6) is 0.306. The molecule has 0 spiro atoms. The number of carbonyl (C=O) groups excluding carboxylic acids is 2. The van der Waals surface area contributed by atoms with Crippen molar-refractivity contribution in [1.82, 2.24) is 10.9 Å². The van der Waals surface area contributed by atoms with Crippen LogP contribution in [0.25, 0.3) is 16.8 Å². The largest absolute Gasteiger partial charge is 0.497 e. The van der Waals surface area contributed by atoms with Crippen molar-refractivity contribution in [2.45, 2.75) is 25.7 Å². The summed E-state index contributed by atoms with van der Waals surface area (Å²) in [6.07, 6.45) is 7.34. The van der Waals surface area contributed by atoms with E-state index in [1.165, 1.54) is 30.2 Å². The van der Waals surface area contributed by atoms with E-state index >= 15 is 0 Å². The molecular weight excluding hydrogens is 354 g/mol. The number of benzene rings is 2. The van der Waals surface area contributed by atoms with Crippen LogP contribution in [0, 0.1) is 0 Å². The van der Waals surface area contributed by atoms with Gasteiger partial charge in [0.2, 0.25) is 5.91 Å². The Hall–Kier alpha value is -2.86. The molecule has 1 heterocycles. The predicted molar refractivity (Wildman–Crippen MR) is 110 cm³/mol. The van der Waals surface area contributed by atoms with Crippen molar-refractivity contribution in [1.29, 1.82) is 0 Å². The quantitative estimate of drug-likeness (QED) is 0.523. The lowest BCUT2D eigenvalue weighted by Crippen LogP contribution is -3.12. The Morgan fingerprint density at radius 2 is 1.79 bits per heavy atom. The number of methoxy groups -OCH3 is 1. The summed E-state index contributed by atoms with van der Waals surface area (Å²) >= 11 is 0. The van der Waals surface area contributed by atoms with Crippen LogP contribution in [0.5, 0.6) is 5.75 Å². The van der Waals surface area contributed by atoms with Crippen LogP contribution in [0.15, 0.2) is 42.5 Å². The SMILES string of the molecule is COc1ccc2cc(/C=C/C(=O)NNC(=O)CC[NH+]3CCCCC3)ccc2c1. The molecular formula is C22H28N3O3+. The Labute approximate surface area is 165 Å². The molecule has 1 saturated heterocycles. The highest BCUT2D eigenvalue weighted by Gasteiger charge is 2.14. The number of likely N-dealkylation sites (tertiary alicyclic amines) is 1. The van der Waals surface area contributed by atoms with Gasteiger partial charge in [-0.25, -0.2) is 0 Å². The molecule has 1 aliphatic heterocycles. The summed E-state index contributed by atoms with van der Waals surface area (Å²) in [6.45, 7) is 3.10. The van der Waals surface area contributed by atoms with Crippen LogP contribution in [0.1, 0.15) is 31.2 Å². The first kappa shape index (κ1) is 19.9. The zero-order chi connectivity index (χ0) is 19.8. The van der Waals surface area contributed by atoms with Crippen LogP contribution in [0.3, 0.4) is 0 Å². The average Bonchev–Trinajstić information content (AvgIpc) is 2.75. The molecule has 2 aromatic rings. The minimum Gasteiger partial charge on any atom is -0.497 e. The summed E-state index contributed by atoms with van der Waals surface area (Å²) in [5.41, 5.74) is 5.84. The lowest BCUT2D eigenvalue weighted by atomic mass is 10.1. The Bertz CT molecular complexity index is 857. The molecule has 3 rings (SSSR count). The number of nitrogens with one attached hydrogen (secondary N) is 3. The van der Waals surface area contributed by atoms with Crippen molar-refractivity contribution in [2.75, 3.05) is 26.7 Å². The molecule has 0 aromatic heterocycles. The van der Waals surface area contributed by atoms with E-state index in [0.717, 1.165) is 41.7 Å². The highest BCUT2D eigenvalue weighted by atomic mass is 16.5. The van der Waals surface area contributed by atoms with Crippen LogP contribution in [0.2, 0.25) is 0 Å². The van der Waals surface area contributed by atoms with Crippen molar-refractivity contribution in [3.63, 3.8) is 0 Å². The van der Waals surface area contributed by atoms with E-state index in [0.29, 0.717) is 6.42 Å². The smallest absolute Gasteiger partial charge is 0.262 e. The van der Waals surface area contributed by atoms with E-state index in [2.05, 4.69) is 10.9 Å². The second kappa shape index (κ2) is 9.90. The van der Waals surface area contributed by atoms with Gasteiger partial charge in [-0.1, -0.05) is 18.2 Å². The molecule has 0 unspecified atom stereocenters. The molecule has 2 aromatic carbocycles. The van der Waals surface area contributed by atoms with E-state index in [4.69, 9.17) is 4.74 Å². The normalized spacial score (nSPS) is 14.9. The molecule has 6 nitrogen and oxygen atoms in total.